The fourth-order valence-electron chi connectivity index (χ4n) is 7.49. The molecule has 0 spiro atoms. The van der Waals surface area contributed by atoms with Crippen molar-refractivity contribution in [1.29, 1.82) is 0 Å². The van der Waals surface area contributed by atoms with Crippen LogP contribution in [0.5, 0.6) is 57.5 Å². The number of ether oxygens (including phenoxy) is 10. The predicted molar refractivity (Wildman–Crippen MR) is 212 cm³/mol. The van der Waals surface area contributed by atoms with Crippen LogP contribution >= 0.6 is 0 Å². The van der Waals surface area contributed by atoms with Crippen LogP contribution in [0.25, 0.3) is 0 Å². The Kier molecular flexibility index (Phi) is 12.0. The van der Waals surface area contributed by atoms with Gasteiger partial charge in [0.25, 0.3) is 0 Å². The smallest absolute Gasteiger partial charge is 0.161 e. The van der Waals surface area contributed by atoms with E-state index in [1.165, 1.54) is 0 Å². The molecule has 0 saturated carbocycles. The van der Waals surface area contributed by atoms with E-state index in [0.717, 1.165) is 55.6 Å². The van der Waals surface area contributed by atoms with Gasteiger partial charge in [0.1, 0.15) is 0 Å². The Morgan fingerprint density at radius 2 is 0.291 bits per heavy atom. The number of benzene rings is 5. The Morgan fingerprint density at radius 3 is 0.364 bits per heavy atom. The third-order valence-electron chi connectivity index (χ3n) is 10.4. The van der Waals surface area contributed by atoms with Crippen LogP contribution in [-0.2, 0) is 32.1 Å². The fourth-order valence-corrected chi connectivity index (χ4v) is 7.49. The average Bonchev–Trinajstić information content (AvgIpc) is 3.22. The largest absolute Gasteiger partial charge is 0.493 e. The highest BCUT2D eigenvalue weighted by molar-refractivity contribution is 5.59. The molecule has 0 radical (unpaired) electrons. The van der Waals surface area contributed by atoms with Gasteiger partial charge >= 0.3 is 0 Å². The van der Waals surface area contributed by atoms with Crippen molar-refractivity contribution < 1.29 is 47.4 Å². The zero-order valence-corrected chi connectivity index (χ0v) is 33.4. The summed E-state index contributed by atoms with van der Waals surface area (Å²) in [7, 11) is 16.6. The Labute approximate surface area is 323 Å². The van der Waals surface area contributed by atoms with E-state index < -0.39 is 0 Å². The second kappa shape index (κ2) is 17.1. The first-order valence-corrected chi connectivity index (χ1v) is 17.9. The predicted octanol–water partition coefficient (Wildman–Crippen LogP) is 8.04. The van der Waals surface area contributed by atoms with Crippen molar-refractivity contribution in [1.82, 2.24) is 0 Å². The van der Waals surface area contributed by atoms with E-state index in [2.05, 4.69) is 60.7 Å². The third-order valence-corrected chi connectivity index (χ3v) is 10.4. The van der Waals surface area contributed by atoms with Crippen LogP contribution in [0.3, 0.4) is 0 Å². The summed E-state index contributed by atoms with van der Waals surface area (Å²) in [4.78, 5) is 0. The fraction of sp³-hybridized carbons (Fsp3) is 0.333. The van der Waals surface area contributed by atoms with Crippen molar-refractivity contribution in [2.24, 2.45) is 0 Å². The summed E-state index contributed by atoms with van der Waals surface area (Å²) >= 11 is 0. The molecule has 290 valence electrons. The number of fused-ring (bicyclic) bond motifs is 5. The zero-order chi connectivity index (χ0) is 39.2. The normalized spacial score (nSPS) is 12.2. The zero-order valence-electron chi connectivity index (χ0n) is 33.4. The lowest BCUT2D eigenvalue weighted by Crippen LogP contribution is -2.06. The van der Waals surface area contributed by atoms with Crippen LogP contribution in [-0.4, -0.2) is 71.1 Å². The van der Waals surface area contributed by atoms with Crippen LogP contribution < -0.4 is 47.4 Å². The SMILES string of the molecule is COc1cc2c(cc1OC)Cc1cc(OC)c(OC)cc1Cc1cc(OC)c(OC)cc1Cc1cc(OC)c(OC)cc1Cc1cc(OC)c(OC)cc1C2. The molecular formula is C45H50O10. The maximum Gasteiger partial charge on any atom is 0.161 e. The minimum Gasteiger partial charge on any atom is -0.493 e. The molecule has 0 aromatic heterocycles. The van der Waals surface area contributed by atoms with Crippen molar-refractivity contribution in [2.45, 2.75) is 32.1 Å². The summed E-state index contributed by atoms with van der Waals surface area (Å²) in [5.74, 6) is 6.44. The van der Waals surface area contributed by atoms with Crippen molar-refractivity contribution in [3.63, 3.8) is 0 Å². The van der Waals surface area contributed by atoms with E-state index in [4.69, 9.17) is 47.4 Å². The summed E-state index contributed by atoms with van der Waals surface area (Å²) in [5, 5.41) is 0. The topological polar surface area (TPSA) is 92.3 Å². The molecule has 0 atom stereocenters. The lowest BCUT2D eigenvalue weighted by Gasteiger charge is -2.20. The first-order chi connectivity index (χ1) is 26.7. The van der Waals surface area contributed by atoms with E-state index in [0.29, 0.717) is 89.6 Å². The van der Waals surface area contributed by atoms with Gasteiger partial charge in [0.05, 0.1) is 71.1 Å². The molecule has 0 unspecified atom stereocenters. The van der Waals surface area contributed by atoms with Crippen molar-refractivity contribution >= 4 is 0 Å². The van der Waals surface area contributed by atoms with Gasteiger partial charge in [-0.25, -0.2) is 0 Å². The van der Waals surface area contributed by atoms with Gasteiger partial charge in [-0.3, -0.25) is 0 Å². The first kappa shape index (κ1) is 38.8. The van der Waals surface area contributed by atoms with E-state index in [1.807, 2.05) is 0 Å². The minimum atomic E-state index is 0.575. The molecule has 5 aromatic carbocycles. The van der Waals surface area contributed by atoms with Gasteiger partial charge in [0.15, 0.2) is 57.5 Å². The van der Waals surface area contributed by atoms with E-state index >= 15 is 0 Å². The maximum absolute atomic E-state index is 5.85. The summed E-state index contributed by atoms with van der Waals surface area (Å²) in [6.45, 7) is 0. The first-order valence-electron chi connectivity index (χ1n) is 17.9. The third kappa shape index (κ3) is 7.85. The molecule has 0 aliphatic heterocycles. The molecule has 55 heavy (non-hydrogen) atoms. The molecule has 10 heteroatoms. The lowest BCUT2D eigenvalue weighted by atomic mass is 9.88. The van der Waals surface area contributed by atoms with E-state index in [9.17, 15) is 0 Å². The summed E-state index contributed by atoms with van der Waals surface area (Å²) in [6.07, 6.45) is 2.87. The molecule has 6 rings (SSSR count). The van der Waals surface area contributed by atoms with Gasteiger partial charge in [0, 0.05) is 0 Å². The van der Waals surface area contributed by atoms with E-state index in [-0.39, 0.29) is 0 Å². The second-order valence-corrected chi connectivity index (χ2v) is 13.3. The van der Waals surface area contributed by atoms with Gasteiger partial charge in [-0.2, -0.15) is 0 Å². The molecule has 5 aromatic rings. The number of hydrogen-bond acceptors (Lipinski definition) is 10. The van der Waals surface area contributed by atoms with Crippen LogP contribution in [0.2, 0.25) is 0 Å². The summed E-state index contributed by atoms with van der Waals surface area (Å²) < 4.78 is 58.5. The molecule has 1 aliphatic rings. The second-order valence-electron chi connectivity index (χ2n) is 13.3. The maximum atomic E-state index is 5.85. The monoisotopic (exact) mass is 750 g/mol. The van der Waals surface area contributed by atoms with Gasteiger partial charge in [-0.1, -0.05) is 0 Å². The molecule has 0 heterocycles. The van der Waals surface area contributed by atoms with Crippen LogP contribution in [0.1, 0.15) is 55.6 Å². The Morgan fingerprint density at radius 1 is 0.200 bits per heavy atom. The molecule has 0 saturated heterocycles. The highest BCUT2D eigenvalue weighted by Crippen LogP contribution is 2.42. The quantitative estimate of drug-likeness (QED) is 0.137. The lowest BCUT2D eigenvalue weighted by molar-refractivity contribution is 0.353. The number of methoxy groups -OCH3 is 10. The van der Waals surface area contributed by atoms with Crippen LogP contribution in [0.15, 0.2) is 60.7 Å². The summed E-state index contributed by atoms with van der Waals surface area (Å²) in [5.41, 5.74) is 10.7. The van der Waals surface area contributed by atoms with Gasteiger partial charge in [0.2, 0.25) is 0 Å². The van der Waals surface area contributed by atoms with Gasteiger partial charge in [-0.15, -0.1) is 0 Å². The van der Waals surface area contributed by atoms with Gasteiger partial charge in [-0.05, 0) is 148 Å². The van der Waals surface area contributed by atoms with Crippen molar-refractivity contribution in [3.8, 4) is 57.5 Å². The van der Waals surface area contributed by atoms with Crippen molar-refractivity contribution in [3.05, 3.63) is 116 Å². The molecule has 1 aliphatic carbocycles. The summed E-state index contributed by atoms with van der Waals surface area (Å²) in [6, 6.07) is 20.7. The Balaban J connectivity index is 1.71. The van der Waals surface area contributed by atoms with Crippen molar-refractivity contribution in [2.75, 3.05) is 71.1 Å². The molecule has 0 amide bonds. The number of rotatable bonds is 10. The van der Waals surface area contributed by atoms with Crippen LogP contribution in [0.4, 0.5) is 0 Å². The Bertz CT molecular complexity index is 1670. The van der Waals surface area contributed by atoms with E-state index in [1.54, 1.807) is 71.1 Å². The van der Waals surface area contributed by atoms with Crippen LogP contribution in [0, 0.1) is 0 Å². The molecule has 10 nitrogen and oxygen atoms in total. The number of hydrogen-bond donors (Lipinski definition) is 0. The molecule has 0 bridgehead atoms. The highest BCUT2D eigenvalue weighted by atomic mass is 16.5. The molecular weight excluding hydrogens is 700 g/mol. The standard InChI is InChI=1S/C45H50O10/c1-46-36-16-26-11-28-18-38(48-3)40(50-5)20-30(28)13-32-22-42(52-7)44(54-9)24-34(32)15-35-25-45(55-10)43(53-8)23-33(35)14-31-21-41(51-6)39(49-4)19-29(31)12-27(26)17-37(36)47-2/h16-25H,11-15H2,1-10H3. The van der Waals surface area contributed by atoms with Gasteiger partial charge < -0.3 is 47.4 Å². The average molecular weight is 751 g/mol. The Hall–Kier alpha value is -5.90. The molecule has 0 fully saturated rings. The minimum absolute atomic E-state index is 0.575. The highest BCUT2D eigenvalue weighted by Gasteiger charge is 2.23. The molecule has 0 N–H and O–H groups in total.